The number of benzene rings is 1. The molecule has 0 unspecified atom stereocenters. The molecule has 1 aromatic rings. The summed E-state index contributed by atoms with van der Waals surface area (Å²) in [5, 5.41) is 9.23. The van der Waals surface area contributed by atoms with Gasteiger partial charge < -0.3 is 5.11 Å². The Bertz CT molecular complexity index is 299. The molecule has 0 bridgehead atoms. The Kier molecular flexibility index (Phi) is 3.27. The topological polar surface area (TPSA) is 20.2 Å². The van der Waals surface area contributed by atoms with Crippen molar-refractivity contribution < 1.29 is 5.11 Å². The molecule has 12 heavy (non-hydrogen) atoms. The van der Waals surface area contributed by atoms with Crippen LogP contribution in [0, 0.1) is 0 Å². The van der Waals surface area contributed by atoms with Crippen LogP contribution in [0.25, 0.3) is 5.03 Å². The van der Waals surface area contributed by atoms with Gasteiger partial charge in [-0.3, -0.25) is 0 Å². The maximum atomic E-state index is 8.95. The van der Waals surface area contributed by atoms with E-state index in [9.17, 15) is 0 Å². The third-order valence-corrected chi connectivity index (χ3v) is 2.27. The monoisotopic (exact) mass is 222 g/mol. The van der Waals surface area contributed by atoms with E-state index in [4.69, 9.17) is 39.9 Å². The van der Waals surface area contributed by atoms with E-state index in [1.54, 1.807) is 12.1 Å². The lowest BCUT2D eigenvalue weighted by atomic mass is 10.2. The molecule has 0 aliphatic heterocycles. The molecule has 1 nitrogen and oxygen atoms in total. The van der Waals surface area contributed by atoms with Crippen LogP contribution >= 0.6 is 34.8 Å². The first-order valence-electron chi connectivity index (χ1n) is 3.11. The van der Waals surface area contributed by atoms with Gasteiger partial charge in [-0.1, -0.05) is 34.8 Å². The Labute approximate surface area is 85.2 Å². The largest absolute Gasteiger partial charge is 0.508 e. The highest BCUT2D eigenvalue weighted by molar-refractivity contribution is 6.66. The van der Waals surface area contributed by atoms with Gasteiger partial charge in [0.05, 0.1) is 5.03 Å². The minimum atomic E-state index is 0.0161. The molecule has 0 saturated heterocycles. The van der Waals surface area contributed by atoms with E-state index in [1.807, 2.05) is 0 Å². The van der Waals surface area contributed by atoms with E-state index in [-0.39, 0.29) is 15.3 Å². The molecule has 1 rings (SSSR count). The molecule has 0 aliphatic carbocycles. The van der Waals surface area contributed by atoms with E-state index in [0.717, 1.165) is 0 Å². The molecule has 0 radical (unpaired) electrons. The van der Waals surface area contributed by atoms with Crippen LogP contribution in [0.1, 0.15) is 5.56 Å². The van der Waals surface area contributed by atoms with Gasteiger partial charge in [0.2, 0.25) is 0 Å². The van der Waals surface area contributed by atoms with Gasteiger partial charge in [0.25, 0.3) is 0 Å². The number of aromatic hydroxyl groups is 1. The predicted molar refractivity (Wildman–Crippen MR) is 52.6 cm³/mol. The first-order valence-corrected chi connectivity index (χ1v) is 4.25. The molecule has 0 saturated carbocycles. The first kappa shape index (κ1) is 9.72. The lowest BCUT2D eigenvalue weighted by Crippen LogP contribution is -1.75. The summed E-state index contributed by atoms with van der Waals surface area (Å²) in [7, 11) is 0. The number of hydrogen-bond donors (Lipinski definition) is 1. The molecule has 64 valence electrons. The SMILES string of the molecule is Oc1ccc(C(Cl)=C(Cl)Cl)cc1. The number of halogens is 3. The summed E-state index contributed by atoms with van der Waals surface area (Å²) in [5.74, 6) is 0.175. The Hall–Kier alpha value is -0.370. The van der Waals surface area contributed by atoms with Gasteiger partial charge in [0.1, 0.15) is 10.2 Å². The normalized spacial score (nSPS) is 9.58. The fourth-order valence-electron chi connectivity index (χ4n) is 0.717. The highest BCUT2D eigenvalue weighted by Gasteiger charge is 2.01. The van der Waals surface area contributed by atoms with Gasteiger partial charge in [0, 0.05) is 0 Å². The van der Waals surface area contributed by atoms with Crippen molar-refractivity contribution in [1.82, 2.24) is 0 Å². The smallest absolute Gasteiger partial charge is 0.126 e. The van der Waals surface area contributed by atoms with Gasteiger partial charge in [-0.05, 0) is 29.8 Å². The van der Waals surface area contributed by atoms with Gasteiger partial charge in [-0.25, -0.2) is 0 Å². The second kappa shape index (κ2) is 4.04. The number of phenols is 1. The van der Waals surface area contributed by atoms with E-state index < -0.39 is 0 Å². The average molecular weight is 223 g/mol. The Morgan fingerprint density at radius 3 is 1.92 bits per heavy atom. The van der Waals surface area contributed by atoms with Crippen molar-refractivity contribution >= 4 is 39.8 Å². The second-order valence-electron chi connectivity index (χ2n) is 2.12. The molecule has 4 heteroatoms. The van der Waals surface area contributed by atoms with Crippen LogP contribution in [-0.4, -0.2) is 5.11 Å². The first-order chi connectivity index (χ1) is 5.61. The third kappa shape index (κ3) is 2.31. The van der Waals surface area contributed by atoms with Gasteiger partial charge in [-0.2, -0.15) is 0 Å². The lowest BCUT2D eigenvalue weighted by molar-refractivity contribution is 0.475. The number of hydrogen-bond acceptors (Lipinski definition) is 1. The van der Waals surface area contributed by atoms with E-state index in [0.29, 0.717) is 5.56 Å². The molecule has 0 aromatic heterocycles. The van der Waals surface area contributed by atoms with Crippen molar-refractivity contribution in [2.45, 2.75) is 0 Å². The molecule has 0 amide bonds. The molecule has 0 fully saturated rings. The summed E-state index contributed by atoms with van der Waals surface area (Å²) >= 11 is 16.6. The van der Waals surface area contributed by atoms with Crippen molar-refractivity contribution in [1.29, 1.82) is 0 Å². The molecule has 1 N–H and O–H groups in total. The maximum absolute atomic E-state index is 8.95. The molecule has 0 spiro atoms. The summed E-state index contributed by atoms with van der Waals surface area (Å²) in [5.41, 5.74) is 0.675. The highest BCUT2D eigenvalue weighted by Crippen LogP contribution is 2.28. The molecule has 0 atom stereocenters. The molecule has 1 aromatic carbocycles. The van der Waals surface area contributed by atoms with Crippen LogP contribution in [0.4, 0.5) is 0 Å². The Balaban J connectivity index is 3.06. The Morgan fingerprint density at radius 2 is 1.50 bits per heavy atom. The van der Waals surface area contributed by atoms with Crippen molar-refractivity contribution in [2.24, 2.45) is 0 Å². The quantitative estimate of drug-likeness (QED) is 0.769. The molecular formula is C8H5Cl3O. The van der Waals surface area contributed by atoms with Gasteiger partial charge in [-0.15, -0.1) is 0 Å². The highest BCUT2D eigenvalue weighted by atomic mass is 35.5. The van der Waals surface area contributed by atoms with Gasteiger partial charge in [0.15, 0.2) is 0 Å². The van der Waals surface area contributed by atoms with Crippen LogP contribution in [0.15, 0.2) is 28.8 Å². The predicted octanol–water partition coefficient (Wildman–Crippen LogP) is 3.73. The minimum Gasteiger partial charge on any atom is -0.508 e. The summed E-state index contributed by atoms with van der Waals surface area (Å²) in [6.45, 7) is 0. The van der Waals surface area contributed by atoms with E-state index in [1.165, 1.54) is 12.1 Å². The van der Waals surface area contributed by atoms with E-state index in [2.05, 4.69) is 0 Å². The number of phenolic OH excluding ortho intramolecular Hbond substituents is 1. The zero-order chi connectivity index (χ0) is 9.14. The molecule has 0 heterocycles. The fourth-order valence-corrected chi connectivity index (χ4v) is 1.06. The summed E-state index contributed by atoms with van der Waals surface area (Å²) in [4.78, 5) is 0. The van der Waals surface area contributed by atoms with Crippen molar-refractivity contribution in [3.63, 3.8) is 0 Å². The second-order valence-corrected chi connectivity index (χ2v) is 3.45. The van der Waals surface area contributed by atoms with Crippen molar-refractivity contribution in [2.75, 3.05) is 0 Å². The van der Waals surface area contributed by atoms with Crippen LogP contribution in [0.3, 0.4) is 0 Å². The molecular weight excluding hydrogens is 218 g/mol. The Morgan fingerprint density at radius 1 is 1.00 bits per heavy atom. The van der Waals surface area contributed by atoms with Crippen LogP contribution in [-0.2, 0) is 0 Å². The summed E-state index contributed by atoms with van der Waals surface area (Å²) < 4.78 is 0.0161. The fraction of sp³-hybridized carbons (Fsp3) is 0. The van der Waals surface area contributed by atoms with Gasteiger partial charge >= 0.3 is 0 Å². The van der Waals surface area contributed by atoms with Crippen LogP contribution in [0.2, 0.25) is 0 Å². The summed E-state index contributed by atoms with van der Waals surface area (Å²) in [6.07, 6.45) is 0. The minimum absolute atomic E-state index is 0.0161. The average Bonchev–Trinajstić information content (AvgIpc) is 2.04. The number of rotatable bonds is 1. The standard InChI is InChI=1S/C8H5Cl3O/c9-7(8(10)11)5-1-3-6(12)4-2-5/h1-4,12H. The van der Waals surface area contributed by atoms with Crippen LogP contribution in [0.5, 0.6) is 5.75 Å². The maximum Gasteiger partial charge on any atom is 0.126 e. The van der Waals surface area contributed by atoms with Crippen molar-refractivity contribution in [3.05, 3.63) is 34.3 Å². The summed E-state index contributed by atoms with van der Waals surface area (Å²) in [6, 6.07) is 6.27. The third-order valence-electron chi connectivity index (χ3n) is 1.29. The zero-order valence-electron chi connectivity index (χ0n) is 5.89. The van der Waals surface area contributed by atoms with Crippen molar-refractivity contribution in [3.8, 4) is 5.75 Å². The lowest BCUT2D eigenvalue weighted by Gasteiger charge is -1.98. The zero-order valence-corrected chi connectivity index (χ0v) is 8.16. The van der Waals surface area contributed by atoms with E-state index >= 15 is 0 Å². The molecule has 0 aliphatic rings. The van der Waals surface area contributed by atoms with Crippen LogP contribution < -0.4 is 0 Å².